The van der Waals surface area contributed by atoms with Crippen LogP contribution in [0, 0.1) is 5.41 Å². The molecule has 0 aromatic rings. The monoisotopic (exact) mass is 242 g/mol. The molecule has 1 aliphatic heterocycles. The van der Waals surface area contributed by atoms with Crippen LogP contribution in [0.5, 0.6) is 0 Å². The Balaban J connectivity index is 2.56. The van der Waals surface area contributed by atoms with E-state index in [0.29, 0.717) is 12.6 Å². The van der Waals surface area contributed by atoms with Crippen LogP contribution in [0.4, 0.5) is 0 Å². The molecule has 3 heteroatoms. The third-order valence-corrected chi connectivity index (χ3v) is 4.73. The molecule has 0 radical (unpaired) electrons. The van der Waals surface area contributed by atoms with Crippen LogP contribution in [-0.4, -0.2) is 60.8 Å². The second kappa shape index (κ2) is 6.72. The summed E-state index contributed by atoms with van der Waals surface area (Å²) < 4.78 is 0. The first-order valence-electron chi connectivity index (χ1n) is 7.14. The smallest absolute Gasteiger partial charge is 0.0499 e. The van der Waals surface area contributed by atoms with Gasteiger partial charge >= 0.3 is 0 Å². The van der Waals surface area contributed by atoms with Crippen molar-refractivity contribution in [2.45, 2.75) is 46.1 Å². The standard InChI is InChI=1S/C14H30N2O/c1-5-13-10-16(9-8-15(13)4)11-14(6-2,7-3)12-17/h13,17H,5-12H2,1-4H3. The summed E-state index contributed by atoms with van der Waals surface area (Å²) in [7, 11) is 2.23. The second-order valence-corrected chi connectivity index (χ2v) is 5.64. The highest BCUT2D eigenvalue weighted by Crippen LogP contribution is 2.28. The van der Waals surface area contributed by atoms with Crippen molar-refractivity contribution < 1.29 is 5.11 Å². The van der Waals surface area contributed by atoms with Gasteiger partial charge in [0.15, 0.2) is 0 Å². The Bertz CT molecular complexity index is 208. The van der Waals surface area contributed by atoms with Gasteiger partial charge in [0.1, 0.15) is 0 Å². The molecule has 1 atom stereocenters. The number of rotatable bonds is 6. The van der Waals surface area contributed by atoms with Gasteiger partial charge in [0, 0.05) is 44.2 Å². The van der Waals surface area contributed by atoms with Gasteiger partial charge < -0.3 is 10.0 Å². The normalized spacial score (nSPS) is 24.2. The molecule has 0 amide bonds. The predicted octanol–water partition coefficient (Wildman–Crippen LogP) is 1.81. The summed E-state index contributed by atoms with van der Waals surface area (Å²) in [6, 6.07) is 0.689. The van der Waals surface area contributed by atoms with Crippen molar-refractivity contribution in [1.29, 1.82) is 0 Å². The van der Waals surface area contributed by atoms with Crippen molar-refractivity contribution in [3.63, 3.8) is 0 Å². The van der Waals surface area contributed by atoms with Crippen LogP contribution < -0.4 is 0 Å². The largest absolute Gasteiger partial charge is 0.396 e. The van der Waals surface area contributed by atoms with Crippen LogP contribution in [0.2, 0.25) is 0 Å². The van der Waals surface area contributed by atoms with Gasteiger partial charge in [0.2, 0.25) is 0 Å². The fraction of sp³-hybridized carbons (Fsp3) is 1.00. The molecule has 0 saturated carbocycles. The maximum atomic E-state index is 9.65. The van der Waals surface area contributed by atoms with Crippen molar-refractivity contribution >= 4 is 0 Å². The van der Waals surface area contributed by atoms with Crippen molar-refractivity contribution in [3.8, 4) is 0 Å². The van der Waals surface area contributed by atoms with E-state index in [2.05, 4.69) is 37.6 Å². The molecule has 0 spiro atoms. The number of aliphatic hydroxyl groups is 1. The van der Waals surface area contributed by atoms with Crippen LogP contribution >= 0.6 is 0 Å². The van der Waals surface area contributed by atoms with Crippen LogP contribution in [0.1, 0.15) is 40.0 Å². The lowest BCUT2D eigenvalue weighted by molar-refractivity contribution is 0.0250. The highest BCUT2D eigenvalue weighted by molar-refractivity contribution is 4.85. The van der Waals surface area contributed by atoms with Gasteiger partial charge in [-0.1, -0.05) is 20.8 Å². The van der Waals surface area contributed by atoms with Crippen molar-refractivity contribution in [1.82, 2.24) is 9.80 Å². The van der Waals surface area contributed by atoms with Crippen molar-refractivity contribution in [2.24, 2.45) is 5.41 Å². The van der Waals surface area contributed by atoms with Gasteiger partial charge in [-0.15, -0.1) is 0 Å². The Kier molecular flexibility index (Phi) is 5.90. The summed E-state index contributed by atoms with van der Waals surface area (Å²) in [5.41, 5.74) is 0.119. The van der Waals surface area contributed by atoms with Crippen molar-refractivity contribution in [3.05, 3.63) is 0 Å². The van der Waals surface area contributed by atoms with Gasteiger partial charge in [-0.2, -0.15) is 0 Å². The Morgan fingerprint density at radius 1 is 1.18 bits per heavy atom. The highest BCUT2D eigenvalue weighted by Gasteiger charge is 2.31. The Morgan fingerprint density at radius 3 is 2.29 bits per heavy atom. The quantitative estimate of drug-likeness (QED) is 0.769. The Morgan fingerprint density at radius 2 is 1.82 bits per heavy atom. The predicted molar refractivity (Wildman–Crippen MR) is 73.2 cm³/mol. The van der Waals surface area contributed by atoms with E-state index < -0.39 is 0 Å². The molecule has 0 aliphatic carbocycles. The molecule has 102 valence electrons. The first-order valence-corrected chi connectivity index (χ1v) is 7.14. The topological polar surface area (TPSA) is 26.7 Å². The number of nitrogens with zero attached hydrogens (tertiary/aromatic N) is 2. The molecule has 0 aromatic carbocycles. The molecule has 0 bridgehead atoms. The lowest BCUT2D eigenvalue weighted by atomic mass is 9.82. The van der Waals surface area contributed by atoms with E-state index >= 15 is 0 Å². The molecule has 17 heavy (non-hydrogen) atoms. The fourth-order valence-corrected chi connectivity index (χ4v) is 2.82. The summed E-state index contributed by atoms with van der Waals surface area (Å²) >= 11 is 0. The first-order chi connectivity index (χ1) is 8.10. The summed E-state index contributed by atoms with van der Waals surface area (Å²) in [5.74, 6) is 0. The lowest BCUT2D eigenvalue weighted by Gasteiger charge is -2.43. The summed E-state index contributed by atoms with van der Waals surface area (Å²) in [4.78, 5) is 5.02. The average molecular weight is 242 g/mol. The molecular weight excluding hydrogens is 212 g/mol. The van der Waals surface area contributed by atoms with Crippen LogP contribution in [0.3, 0.4) is 0 Å². The van der Waals surface area contributed by atoms with E-state index in [1.54, 1.807) is 0 Å². The number of likely N-dealkylation sites (N-methyl/N-ethyl adjacent to an activating group) is 1. The van der Waals surface area contributed by atoms with Gasteiger partial charge in [0.25, 0.3) is 0 Å². The van der Waals surface area contributed by atoms with E-state index in [1.807, 2.05) is 0 Å². The van der Waals surface area contributed by atoms with Gasteiger partial charge in [-0.05, 0) is 26.3 Å². The van der Waals surface area contributed by atoms with E-state index in [9.17, 15) is 5.11 Å². The van der Waals surface area contributed by atoms with Crippen LogP contribution in [-0.2, 0) is 0 Å². The third kappa shape index (κ3) is 3.67. The number of hydrogen-bond donors (Lipinski definition) is 1. The minimum atomic E-state index is 0.119. The number of hydrogen-bond acceptors (Lipinski definition) is 3. The maximum absolute atomic E-state index is 9.65. The molecule has 0 aromatic heterocycles. The zero-order chi connectivity index (χ0) is 12.9. The molecule has 1 rings (SSSR count). The lowest BCUT2D eigenvalue weighted by Crippen LogP contribution is -2.54. The summed E-state index contributed by atoms with van der Waals surface area (Å²) in [6.45, 7) is 11.5. The molecular formula is C14H30N2O. The average Bonchev–Trinajstić information content (AvgIpc) is 2.38. The fourth-order valence-electron chi connectivity index (χ4n) is 2.82. The zero-order valence-electron chi connectivity index (χ0n) is 12.1. The molecule has 1 fully saturated rings. The van der Waals surface area contributed by atoms with Crippen LogP contribution in [0.15, 0.2) is 0 Å². The van der Waals surface area contributed by atoms with Crippen molar-refractivity contribution in [2.75, 3.05) is 39.8 Å². The number of piperazine rings is 1. The first kappa shape index (κ1) is 14.9. The maximum Gasteiger partial charge on any atom is 0.0499 e. The Hall–Kier alpha value is -0.120. The Labute approximate surface area is 107 Å². The van der Waals surface area contributed by atoms with E-state index in [4.69, 9.17) is 0 Å². The number of aliphatic hydroxyl groups excluding tert-OH is 1. The molecule has 3 nitrogen and oxygen atoms in total. The van der Waals surface area contributed by atoms with E-state index in [0.717, 1.165) is 39.0 Å². The molecule has 1 unspecified atom stereocenters. The highest BCUT2D eigenvalue weighted by atomic mass is 16.3. The van der Waals surface area contributed by atoms with E-state index in [1.165, 1.54) is 6.42 Å². The zero-order valence-corrected chi connectivity index (χ0v) is 12.1. The second-order valence-electron chi connectivity index (χ2n) is 5.64. The third-order valence-electron chi connectivity index (χ3n) is 4.73. The van der Waals surface area contributed by atoms with Gasteiger partial charge in [-0.25, -0.2) is 0 Å². The van der Waals surface area contributed by atoms with Gasteiger partial charge in [-0.3, -0.25) is 4.90 Å². The van der Waals surface area contributed by atoms with Crippen LogP contribution in [0.25, 0.3) is 0 Å². The van der Waals surface area contributed by atoms with E-state index in [-0.39, 0.29) is 5.41 Å². The molecule has 1 aliphatic rings. The summed E-state index contributed by atoms with van der Waals surface area (Å²) in [5, 5.41) is 9.65. The molecule has 1 heterocycles. The minimum Gasteiger partial charge on any atom is -0.396 e. The molecule has 1 saturated heterocycles. The van der Waals surface area contributed by atoms with Gasteiger partial charge in [0.05, 0.1) is 0 Å². The minimum absolute atomic E-state index is 0.119. The molecule has 1 N–H and O–H groups in total. The SMILES string of the molecule is CCC1CN(CC(CC)(CC)CO)CCN1C. The summed E-state index contributed by atoms with van der Waals surface area (Å²) in [6.07, 6.45) is 3.36.